The molecule has 0 unspecified atom stereocenters. The smallest absolute Gasteiger partial charge is 0.270 e. The highest BCUT2D eigenvalue weighted by atomic mass is 32.1. The fourth-order valence-corrected chi connectivity index (χ4v) is 3.68. The van der Waals surface area contributed by atoms with E-state index in [1.54, 1.807) is 17.4 Å². The third-order valence-corrected chi connectivity index (χ3v) is 4.72. The van der Waals surface area contributed by atoms with Crippen molar-refractivity contribution in [1.82, 2.24) is 0 Å². The molecule has 5 nitrogen and oxygen atoms in total. The van der Waals surface area contributed by atoms with Gasteiger partial charge in [-0.15, -0.1) is 11.3 Å². The molecule has 1 atom stereocenters. The van der Waals surface area contributed by atoms with Crippen molar-refractivity contribution in [3.63, 3.8) is 0 Å². The summed E-state index contributed by atoms with van der Waals surface area (Å²) in [7, 11) is 0. The van der Waals surface area contributed by atoms with Crippen molar-refractivity contribution in [2.45, 2.75) is 18.9 Å². The maximum absolute atomic E-state index is 10.8. The van der Waals surface area contributed by atoms with Crippen molar-refractivity contribution in [2.24, 2.45) is 0 Å². The number of rotatable bonds is 3. The van der Waals surface area contributed by atoms with Crippen LogP contribution in [0.5, 0.6) is 0 Å². The highest BCUT2D eigenvalue weighted by molar-refractivity contribution is 7.10. The molecule has 106 valence electrons. The van der Waals surface area contributed by atoms with Gasteiger partial charge in [-0.25, -0.2) is 0 Å². The van der Waals surface area contributed by atoms with Crippen molar-refractivity contribution in [2.75, 3.05) is 11.4 Å². The molecule has 0 radical (unpaired) electrons. The normalized spacial score (nSPS) is 17.7. The summed E-state index contributed by atoms with van der Waals surface area (Å²) in [6.45, 7) is 0.870. The predicted octanol–water partition coefficient (Wildman–Crippen LogP) is 3.87. The van der Waals surface area contributed by atoms with Crippen LogP contribution in [-0.4, -0.2) is 11.5 Å². The first-order valence-corrected chi connectivity index (χ1v) is 7.57. The van der Waals surface area contributed by atoms with E-state index < -0.39 is 4.92 Å². The van der Waals surface area contributed by atoms with Crippen LogP contribution in [0.4, 0.5) is 11.4 Å². The van der Waals surface area contributed by atoms with E-state index in [0.29, 0.717) is 5.56 Å². The van der Waals surface area contributed by atoms with Crippen LogP contribution in [0.15, 0.2) is 35.7 Å². The van der Waals surface area contributed by atoms with Gasteiger partial charge in [-0.05, 0) is 30.4 Å². The summed E-state index contributed by atoms with van der Waals surface area (Å²) in [6.07, 6.45) is 2.10. The zero-order valence-electron chi connectivity index (χ0n) is 11.2. The summed E-state index contributed by atoms with van der Waals surface area (Å²) in [4.78, 5) is 13.8. The molecule has 6 heteroatoms. The summed E-state index contributed by atoms with van der Waals surface area (Å²) in [5, 5.41) is 22.2. The van der Waals surface area contributed by atoms with E-state index in [-0.39, 0.29) is 11.7 Å². The van der Waals surface area contributed by atoms with Crippen LogP contribution in [0.2, 0.25) is 0 Å². The number of hydrogen-bond acceptors (Lipinski definition) is 5. The predicted molar refractivity (Wildman–Crippen MR) is 81.5 cm³/mol. The number of nitriles is 1. The summed E-state index contributed by atoms with van der Waals surface area (Å²) in [5.74, 6) is 0. The van der Waals surface area contributed by atoms with E-state index in [0.717, 1.165) is 25.1 Å². The number of benzene rings is 1. The number of non-ortho nitro benzene ring substituents is 1. The van der Waals surface area contributed by atoms with Crippen LogP contribution in [0.25, 0.3) is 0 Å². The maximum atomic E-state index is 10.8. The number of nitro groups is 1. The zero-order chi connectivity index (χ0) is 14.8. The molecule has 1 aromatic carbocycles. The zero-order valence-corrected chi connectivity index (χ0v) is 12.0. The van der Waals surface area contributed by atoms with Crippen molar-refractivity contribution in [3.05, 3.63) is 56.3 Å². The van der Waals surface area contributed by atoms with Crippen molar-refractivity contribution >= 4 is 22.7 Å². The first-order chi connectivity index (χ1) is 10.2. The first-order valence-electron chi connectivity index (χ1n) is 6.69. The van der Waals surface area contributed by atoms with Crippen LogP contribution in [0.1, 0.15) is 29.3 Å². The molecule has 21 heavy (non-hydrogen) atoms. The van der Waals surface area contributed by atoms with Gasteiger partial charge in [-0.3, -0.25) is 10.1 Å². The molecule has 0 spiro atoms. The lowest BCUT2D eigenvalue weighted by molar-refractivity contribution is -0.384. The largest absolute Gasteiger partial charge is 0.363 e. The van der Waals surface area contributed by atoms with Crippen LogP contribution in [-0.2, 0) is 0 Å². The highest BCUT2D eigenvalue weighted by Gasteiger charge is 2.29. The topological polar surface area (TPSA) is 70.2 Å². The molecule has 1 saturated heterocycles. The molecule has 1 fully saturated rings. The third-order valence-electron chi connectivity index (χ3n) is 3.75. The number of nitro benzene ring substituents is 1. The van der Waals surface area contributed by atoms with Gasteiger partial charge in [0, 0.05) is 23.6 Å². The van der Waals surface area contributed by atoms with Gasteiger partial charge in [0.15, 0.2) is 0 Å². The highest BCUT2D eigenvalue weighted by Crippen LogP contribution is 2.39. The second kappa shape index (κ2) is 5.54. The molecule has 1 aliphatic rings. The molecule has 0 aliphatic carbocycles. The van der Waals surface area contributed by atoms with Crippen LogP contribution in [0, 0.1) is 21.4 Å². The van der Waals surface area contributed by atoms with Crippen molar-refractivity contribution in [3.8, 4) is 6.07 Å². The Hall–Kier alpha value is -2.39. The van der Waals surface area contributed by atoms with Gasteiger partial charge in [0.2, 0.25) is 0 Å². The number of nitrogens with zero attached hydrogens (tertiary/aromatic N) is 3. The molecule has 0 bridgehead atoms. The Labute approximate surface area is 126 Å². The van der Waals surface area contributed by atoms with Gasteiger partial charge < -0.3 is 4.90 Å². The van der Waals surface area contributed by atoms with E-state index in [4.69, 9.17) is 0 Å². The molecule has 1 aromatic heterocycles. The lowest BCUT2D eigenvalue weighted by Gasteiger charge is -2.26. The minimum Gasteiger partial charge on any atom is -0.363 e. The Morgan fingerprint density at radius 3 is 2.95 bits per heavy atom. The van der Waals surface area contributed by atoms with Crippen molar-refractivity contribution < 1.29 is 4.92 Å². The Morgan fingerprint density at radius 2 is 2.29 bits per heavy atom. The standard InChI is InChI=1S/C15H13N3O2S/c16-10-11-9-12(18(19)20)5-6-13(11)17-7-1-3-14(17)15-4-2-8-21-15/h2,4-6,8-9,14H,1,3,7H2/t14-/m0/s1. The summed E-state index contributed by atoms with van der Waals surface area (Å²) >= 11 is 1.71. The lowest BCUT2D eigenvalue weighted by atomic mass is 10.1. The fourth-order valence-electron chi connectivity index (χ4n) is 2.81. The molecular weight excluding hydrogens is 286 g/mol. The summed E-state index contributed by atoms with van der Waals surface area (Å²) in [6, 6.07) is 11.0. The number of anilines is 1. The van der Waals surface area contributed by atoms with Crippen LogP contribution >= 0.6 is 11.3 Å². The van der Waals surface area contributed by atoms with E-state index in [9.17, 15) is 15.4 Å². The minimum atomic E-state index is -0.467. The molecule has 0 saturated carbocycles. The molecule has 0 N–H and O–H groups in total. The van der Waals surface area contributed by atoms with Gasteiger partial charge in [-0.1, -0.05) is 6.07 Å². The van der Waals surface area contributed by atoms with Crippen LogP contribution < -0.4 is 4.90 Å². The fraction of sp³-hybridized carbons (Fsp3) is 0.267. The van der Waals surface area contributed by atoms with Gasteiger partial charge in [-0.2, -0.15) is 5.26 Å². The Bertz CT molecular complexity index is 706. The second-order valence-electron chi connectivity index (χ2n) is 4.94. The second-order valence-corrected chi connectivity index (χ2v) is 5.92. The number of thiophene rings is 1. The SMILES string of the molecule is N#Cc1cc([N+](=O)[O-])ccc1N1CCC[C@H]1c1cccs1. The Morgan fingerprint density at radius 1 is 1.43 bits per heavy atom. The number of hydrogen-bond donors (Lipinski definition) is 0. The quantitative estimate of drug-likeness (QED) is 0.637. The molecule has 2 heterocycles. The van der Waals surface area contributed by atoms with E-state index in [2.05, 4.69) is 17.0 Å². The van der Waals surface area contributed by atoms with E-state index in [1.165, 1.54) is 17.0 Å². The Kier molecular flexibility index (Phi) is 3.59. The van der Waals surface area contributed by atoms with Crippen molar-refractivity contribution in [1.29, 1.82) is 5.26 Å². The maximum Gasteiger partial charge on any atom is 0.270 e. The third kappa shape index (κ3) is 2.48. The summed E-state index contributed by atoms with van der Waals surface area (Å²) < 4.78 is 0. The monoisotopic (exact) mass is 299 g/mol. The minimum absolute atomic E-state index is 0.0397. The molecular formula is C15H13N3O2S. The Balaban J connectivity index is 2.00. The van der Waals surface area contributed by atoms with E-state index in [1.807, 2.05) is 11.4 Å². The van der Waals surface area contributed by atoms with E-state index >= 15 is 0 Å². The molecule has 3 rings (SSSR count). The molecule has 1 aliphatic heterocycles. The van der Waals surface area contributed by atoms with Gasteiger partial charge in [0.05, 0.1) is 22.2 Å². The van der Waals surface area contributed by atoms with Crippen LogP contribution in [0.3, 0.4) is 0 Å². The van der Waals surface area contributed by atoms with Gasteiger partial charge >= 0.3 is 0 Å². The average molecular weight is 299 g/mol. The average Bonchev–Trinajstić information content (AvgIpc) is 3.16. The molecule has 0 amide bonds. The summed E-state index contributed by atoms with van der Waals surface area (Å²) in [5.41, 5.74) is 1.12. The molecule has 2 aromatic rings. The first kappa shape index (κ1) is 13.6. The lowest BCUT2D eigenvalue weighted by Crippen LogP contribution is -2.22. The van der Waals surface area contributed by atoms with Gasteiger partial charge in [0.25, 0.3) is 5.69 Å². The van der Waals surface area contributed by atoms with Gasteiger partial charge in [0.1, 0.15) is 6.07 Å².